The highest BCUT2D eigenvalue weighted by Crippen LogP contribution is 2.19. The lowest BCUT2D eigenvalue weighted by Gasteiger charge is -2.06. The van der Waals surface area contributed by atoms with Crippen molar-refractivity contribution in [1.29, 1.82) is 0 Å². The second-order valence-corrected chi connectivity index (χ2v) is 5.15. The Morgan fingerprint density at radius 1 is 1.10 bits per heavy atom. The molecule has 0 fully saturated rings. The first-order valence-electron chi connectivity index (χ1n) is 7.32. The van der Waals surface area contributed by atoms with E-state index in [1.165, 1.54) is 0 Å². The molecule has 2 aromatic rings. The molecule has 1 aromatic heterocycles. The Labute approximate surface area is 126 Å². The van der Waals surface area contributed by atoms with Crippen LogP contribution in [0.4, 0.5) is 0 Å². The maximum atomic E-state index is 5.69. The summed E-state index contributed by atoms with van der Waals surface area (Å²) in [7, 11) is 0. The second-order valence-electron chi connectivity index (χ2n) is 5.15. The van der Waals surface area contributed by atoms with Crippen LogP contribution >= 0.6 is 0 Å². The minimum atomic E-state index is 0.426. The third kappa shape index (κ3) is 5.16. The van der Waals surface area contributed by atoms with Crippen molar-refractivity contribution in [2.24, 2.45) is 0 Å². The van der Waals surface area contributed by atoms with Gasteiger partial charge in [-0.1, -0.05) is 13.8 Å². The van der Waals surface area contributed by atoms with Crippen LogP contribution < -0.4 is 14.8 Å². The average Bonchev–Trinajstić information content (AvgIpc) is 2.93. The Balaban J connectivity index is 1.82. The summed E-state index contributed by atoms with van der Waals surface area (Å²) >= 11 is 0. The number of hydrogen-bond donors (Lipinski definition) is 1. The van der Waals surface area contributed by atoms with Gasteiger partial charge in [0.25, 0.3) is 0 Å². The van der Waals surface area contributed by atoms with Gasteiger partial charge in [-0.2, -0.15) is 0 Å². The molecule has 1 heterocycles. The fourth-order valence-electron chi connectivity index (χ4n) is 1.87. The third-order valence-electron chi connectivity index (χ3n) is 2.94. The van der Waals surface area contributed by atoms with Gasteiger partial charge in [0.15, 0.2) is 0 Å². The molecule has 0 spiro atoms. The Morgan fingerprint density at radius 3 is 2.38 bits per heavy atom. The summed E-state index contributed by atoms with van der Waals surface area (Å²) in [5, 5.41) is 3.35. The summed E-state index contributed by atoms with van der Waals surface area (Å²) in [5.74, 6) is 2.48. The summed E-state index contributed by atoms with van der Waals surface area (Å²) < 4.78 is 16.6. The van der Waals surface area contributed by atoms with Gasteiger partial charge >= 0.3 is 0 Å². The highest BCUT2D eigenvalue weighted by atomic mass is 16.5. The number of furan rings is 1. The number of ether oxygens (including phenoxy) is 2. The van der Waals surface area contributed by atoms with Gasteiger partial charge in [0.1, 0.15) is 23.9 Å². The van der Waals surface area contributed by atoms with E-state index in [0.717, 1.165) is 29.4 Å². The molecular weight excluding hydrogens is 266 g/mol. The van der Waals surface area contributed by atoms with E-state index in [2.05, 4.69) is 19.2 Å². The van der Waals surface area contributed by atoms with Crippen LogP contribution in [0.25, 0.3) is 0 Å². The third-order valence-corrected chi connectivity index (χ3v) is 2.94. The van der Waals surface area contributed by atoms with Crippen LogP contribution in [0.2, 0.25) is 0 Å². The first-order chi connectivity index (χ1) is 10.2. The number of rotatable bonds is 8. The summed E-state index contributed by atoms with van der Waals surface area (Å²) in [6.07, 6.45) is 1.77. The molecule has 0 saturated heterocycles. The number of benzene rings is 1. The Kier molecular flexibility index (Phi) is 5.69. The standard InChI is InChI=1S/C17H23NO3/c1-4-19-15-5-7-16(8-6-15)21-12-17-9-14(11-20-17)10-18-13(2)3/h5-9,11,13,18H,4,10,12H2,1-3H3. The highest BCUT2D eigenvalue weighted by molar-refractivity contribution is 5.31. The molecule has 0 saturated carbocycles. The first kappa shape index (κ1) is 15.4. The molecule has 0 radical (unpaired) electrons. The SMILES string of the molecule is CCOc1ccc(OCc2cc(CNC(C)C)co2)cc1. The van der Waals surface area contributed by atoms with Crippen LogP contribution in [0.1, 0.15) is 32.1 Å². The maximum Gasteiger partial charge on any atom is 0.146 e. The summed E-state index contributed by atoms with van der Waals surface area (Å²) in [5.41, 5.74) is 1.13. The van der Waals surface area contributed by atoms with Gasteiger partial charge in [0, 0.05) is 18.2 Å². The van der Waals surface area contributed by atoms with E-state index in [1.54, 1.807) is 6.26 Å². The van der Waals surface area contributed by atoms with Crippen molar-refractivity contribution < 1.29 is 13.9 Å². The van der Waals surface area contributed by atoms with Crippen molar-refractivity contribution in [2.45, 2.75) is 40.0 Å². The maximum absolute atomic E-state index is 5.69. The van der Waals surface area contributed by atoms with Crippen molar-refractivity contribution in [3.8, 4) is 11.5 Å². The largest absolute Gasteiger partial charge is 0.494 e. The average molecular weight is 289 g/mol. The predicted octanol–water partition coefficient (Wildman–Crippen LogP) is 3.76. The van der Waals surface area contributed by atoms with Crippen molar-refractivity contribution >= 4 is 0 Å². The van der Waals surface area contributed by atoms with Crippen LogP contribution in [0.5, 0.6) is 11.5 Å². The molecule has 0 unspecified atom stereocenters. The summed E-state index contributed by atoms with van der Waals surface area (Å²) in [6.45, 7) is 8.11. The highest BCUT2D eigenvalue weighted by Gasteiger charge is 2.04. The van der Waals surface area contributed by atoms with Crippen LogP contribution in [0, 0.1) is 0 Å². The predicted molar refractivity (Wildman–Crippen MR) is 82.6 cm³/mol. The minimum absolute atomic E-state index is 0.426. The molecule has 0 amide bonds. The zero-order valence-electron chi connectivity index (χ0n) is 12.9. The van der Waals surface area contributed by atoms with E-state index in [1.807, 2.05) is 37.3 Å². The minimum Gasteiger partial charge on any atom is -0.494 e. The van der Waals surface area contributed by atoms with Crippen LogP contribution in [0.15, 0.2) is 41.0 Å². The summed E-state index contributed by atoms with van der Waals surface area (Å²) in [4.78, 5) is 0. The molecule has 4 nitrogen and oxygen atoms in total. The van der Waals surface area contributed by atoms with Crippen molar-refractivity contribution in [2.75, 3.05) is 6.61 Å². The van der Waals surface area contributed by atoms with Crippen LogP contribution in [0.3, 0.4) is 0 Å². The lowest BCUT2D eigenvalue weighted by atomic mass is 10.3. The molecule has 1 aromatic carbocycles. The van der Waals surface area contributed by atoms with Crippen molar-refractivity contribution in [1.82, 2.24) is 5.32 Å². The van der Waals surface area contributed by atoms with Crippen LogP contribution in [-0.2, 0) is 13.2 Å². The van der Waals surface area contributed by atoms with E-state index in [0.29, 0.717) is 19.3 Å². The molecule has 114 valence electrons. The number of hydrogen-bond acceptors (Lipinski definition) is 4. The van der Waals surface area contributed by atoms with E-state index in [4.69, 9.17) is 13.9 Å². The molecule has 0 aliphatic heterocycles. The fourth-order valence-corrected chi connectivity index (χ4v) is 1.87. The first-order valence-corrected chi connectivity index (χ1v) is 7.32. The second kappa shape index (κ2) is 7.74. The molecule has 2 rings (SSSR count). The van der Waals surface area contributed by atoms with Gasteiger partial charge < -0.3 is 19.2 Å². The molecule has 0 atom stereocenters. The molecule has 0 aliphatic carbocycles. The van der Waals surface area contributed by atoms with Gasteiger partial charge in [0.05, 0.1) is 12.9 Å². The molecule has 0 aliphatic rings. The Bertz CT molecular complexity index is 531. The molecule has 1 N–H and O–H groups in total. The molecule has 0 bridgehead atoms. The molecular formula is C17H23NO3. The van der Waals surface area contributed by atoms with Crippen molar-refractivity contribution in [3.05, 3.63) is 47.9 Å². The monoisotopic (exact) mass is 289 g/mol. The van der Waals surface area contributed by atoms with Gasteiger partial charge in [-0.3, -0.25) is 0 Å². The topological polar surface area (TPSA) is 43.6 Å². The molecule has 4 heteroatoms. The van der Waals surface area contributed by atoms with Crippen LogP contribution in [-0.4, -0.2) is 12.6 Å². The quantitative estimate of drug-likeness (QED) is 0.803. The zero-order valence-corrected chi connectivity index (χ0v) is 12.9. The fraction of sp³-hybridized carbons (Fsp3) is 0.412. The summed E-state index contributed by atoms with van der Waals surface area (Å²) in [6, 6.07) is 10.1. The van der Waals surface area contributed by atoms with E-state index in [9.17, 15) is 0 Å². The number of nitrogens with one attached hydrogen (secondary N) is 1. The zero-order chi connectivity index (χ0) is 15.1. The Hall–Kier alpha value is -1.94. The van der Waals surface area contributed by atoms with Gasteiger partial charge in [0.2, 0.25) is 0 Å². The normalized spacial score (nSPS) is 10.9. The van der Waals surface area contributed by atoms with E-state index >= 15 is 0 Å². The van der Waals surface area contributed by atoms with E-state index in [-0.39, 0.29) is 0 Å². The van der Waals surface area contributed by atoms with Crippen molar-refractivity contribution in [3.63, 3.8) is 0 Å². The van der Waals surface area contributed by atoms with Gasteiger partial charge in [-0.15, -0.1) is 0 Å². The lowest BCUT2D eigenvalue weighted by molar-refractivity contribution is 0.269. The van der Waals surface area contributed by atoms with Gasteiger partial charge in [-0.25, -0.2) is 0 Å². The van der Waals surface area contributed by atoms with E-state index < -0.39 is 0 Å². The Morgan fingerprint density at radius 2 is 1.76 bits per heavy atom. The molecule has 21 heavy (non-hydrogen) atoms. The van der Waals surface area contributed by atoms with Gasteiger partial charge in [-0.05, 0) is 37.3 Å². The smallest absolute Gasteiger partial charge is 0.146 e. The lowest BCUT2D eigenvalue weighted by Crippen LogP contribution is -2.21.